The van der Waals surface area contributed by atoms with Gasteiger partial charge in [-0.1, -0.05) is 0 Å². The molecule has 0 fully saturated rings. The topological polar surface area (TPSA) is 24.4 Å². The van der Waals surface area contributed by atoms with Gasteiger partial charge in [-0.25, -0.2) is 0 Å². The number of hydrazone groups is 1. The molecule has 0 bridgehead atoms. The standard InChI is InChI=1S/C5H10N2.V/c1-4-5(2)7-6-3;/h6H,1-3H3;/b7-5-;. The molecule has 8 heavy (non-hydrogen) atoms. The van der Waals surface area contributed by atoms with Gasteiger partial charge in [0.1, 0.15) is 0 Å². The predicted octanol–water partition coefficient (Wildman–Crippen LogP) is 0.321. The van der Waals surface area contributed by atoms with Crippen molar-refractivity contribution in [3.8, 4) is 0 Å². The normalized spacial score (nSPS) is 11.0. The summed E-state index contributed by atoms with van der Waals surface area (Å²) in [5, 5.41) is 3.94. The molecule has 0 aliphatic heterocycles. The average Bonchev–Trinajstić information content (AvgIpc) is 1.67. The van der Waals surface area contributed by atoms with E-state index in [-0.39, 0.29) is 0 Å². The number of hydrogen-bond acceptors (Lipinski definition) is 2. The maximum absolute atomic E-state index is 3.94. The zero-order valence-corrected chi connectivity index (χ0v) is 6.79. The first-order chi connectivity index (χ1) is 3.68. The van der Waals surface area contributed by atoms with E-state index in [0.29, 0.717) is 0 Å². The molecule has 1 N–H and O–H groups in total. The molecule has 0 aliphatic carbocycles. The number of hydrogen-bond donors (Lipinski definition) is 1. The van der Waals surface area contributed by atoms with Crippen molar-refractivity contribution in [1.82, 2.24) is 5.43 Å². The third-order valence-corrected chi connectivity index (χ3v) is 1.31. The summed E-state index contributed by atoms with van der Waals surface area (Å²) >= 11 is 2.45. The monoisotopic (exact) mass is 149 g/mol. The van der Waals surface area contributed by atoms with Gasteiger partial charge in [-0.15, -0.1) is 0 Å². The molecule has 0 spiro atoms. The van der Waals surface area contributed by atoms with Gasteiger partial charge in [0.2, 0.25) is 0 Å². The van der Waals surface area contributed by atoms with E-state index >= 15 is 0 Å². The van der Waals surface area contributed by atoms with Crippen molar-refractivity contribution < 1.29 is 17.0 Å². The molecule has 45 valence electrons. The zero-order chi connectivity index (χ0) is 6.57. The van der Waals surface area contributed by atoms with Gasteiger partial charge in [0.25, 0.3) is 0 Å². The Morgan fingerprint density at radius 1 is 1.50 bits per heavy atom. The number of nitrogens with zero attached hydrogens (tertiary/aromatic N) is 1. The summed E-state index contributed by atoms with van der Waals surface area (Å²) < 4.78 is 1.19. The van der Waals surface area contributed by atoms with Crippen molar-refractivity contribution >= 4 is 9.94 Å². The van der Waals surface area contributed by atoms with Gasteiger partial charge in [-0.3, -0.25) is 0 Å². The molecule has 0 rings (SSSR count). The van der Waals surface area contributed by atoms with Crippen molar-refractivity contribution in [2.45, 2.75) is 13.8 Å². The quantitative estimate of drug-likeness (QED) is 0.443. The summed E-state index contributed by atoms with van der Waals surface area (Å²) in [5.74, 6) is 0. The van der Waals surface area contributed by atoms with Gasteiger partial charge in [0.05, 0.1) is 0 Å². The molecule has 0 saturated heterocycles. The summed E-state index contributed by atoms with van der Waals surface area (Å²) in [7, 11) is 1.79. The number of rotatable bonds is 2. The Balaban J connectivity index is 3.80. The van der Waals surface area contributed by atoms with Crippen LogP contribution >= 0.6 is 0 Å². The Morgan fingerprint density at radius 2 is 2.00 bits per heavy atom. The summed E-state index contributed by atoms with van der Waals surface area (Å²) in [6.45, 7) is 3.97. The fourth-order valence-corrected chi connectivity index (χ4v) is 0.327. The molecule has 0 amide bonds. The van der Waals surface area contributed by atoms with Crippen molar-refractivity contribution in [2.75, 3.05) is 7.05 Å². The summed E-state index contributed by atoms with van der Waals surface area (Å²) in [5.41, 5.74) is 3.74. The van der Waals surface area contributed by atoms with Crippen molar-refractivity contribution in [2.24, 2.45) is 5.10 Å². The van der Waals surface area contributed by atoms with Crippen LogP contribution in [0, 0.1) is 0 Å². The summed E-state index contributed by atoms with van der Waals surface area (Å²) in [6.07, 6.45) is 0. The first-order valence-electron chi connectivity index (χ1n) is 2.42. The van der Waals surface area contributed by atoms with Gasteiger partial charge in [0.15, 0.2) is 0 Å². The van der Waals surface area contributed by atoms with Crippen molar-refractivity contribution in [3.63, 3.8) is 0 Å². The van der Waals surface area contributed by atoms with E-state index in [2.05, 4.69) is 27.5 Å². The molecule has 0 atom stereocenters. The Kier molecular flexibility index (Phi) is 3.83. The first kappa shape index (κ1) is 7.92. The van der Waals surface area contributed by atoms with Crippen LogP contribution in [-0.4, -0.2) is 17.0 Å². The minimum atomic E-state index is 1.03. The van der Waals surface area contributed by atoms with Gasteiger partial charge in [0, 0.05) is 0 Å². The molecule has 2 nitrogen and oxygen atoms in total. The Morgan fingerprint density at radius 3 is 2.12 bits per heavy atom. The van der Waals surface area contributed by atoms with Crippen LogP contribution in [0.5, 0.6) is 0 Å². The molecule has 0 aromatic heterocycles. The molecule has 0 saturated carbocycles. The third-order valence-electron chi connectivity index (χ3n) is 0.803. The summed E-state index contributed by atoms with van der Waals surface area (Å²) in [4.78, 5) is 0. The van der Waals surface area contributed by atoms with Crippen LogP contribution < -0.4 is 5.43 Å². The molecule has 0 aromatic carbocycles. The van der Waals surface area contributed by atoms with Crippen LogP contribution in [0.2, 0.25) is 0 Å². The van der Waals surface area contributed by atoms with E-state index in [0.717, 1.165) is 5.71 Å². The Hall–Kier alpha value is -0.0756. The van der Waals surface area contributed by atoms with Crippen LogP contribution in [0.4, 0.5) is 0 Å². The number of nitrogens with one attached hydrogen (secondary N) is 1. The van der Waals surface area contributed by atoms with E-state index in [1.54, 1.807) is 7.05 Å². The van der Waals surface area contributed by atoms with Crippen LogP contribution in [0.25, 0.3) is 0 Å². The molecule has 0 heterocycles. The third kappa shape index (κ3) is 3.00. The molecule has 0 aliphatic rings. The van der Waals surface area contributed by atoms with Gasteiger partial charge in [-0.2, -0.15) is 0 Å². The van der Waals surface area contributed by atoms with Crippen LogP contribution in [0.3, 0.4) is 0 Å². The predicted molar refractivity (Wildman–Crippen MR) is 32.8 cm³/mol. The Bertz CT molecular complexity index is 118. The van der Waals surface area contributed by atoms with Gasteiger partial charge < -0.3 is 0 Å². The van der Waals surface area contributed by atoms with Crippen LogP contribution in [-0.2, 0) is 17.0 Å². The first-order valence-corrected chi connectivity index (χ1v) is 3.12. The molecular weight excluding hydrogens is 139 g/mol. The summed E-state index contributed by atoms with van der Waals surface area (Å²) in [6, 6.07) is 0. The van der Waals surface area contributed by atoms with Gasteiger partial charge >= 0.3 is 58.3 Å². The average molecular weight is 149 g/mol. The second-order valence-corrected chi connectivity index (χ2v) is 2.55. The fourth-order valence-electron chi connectivity index (χ4n) is 0.249. The van der Waals surface area contributed by atoms with Crippen LogP contribution in [0.1, 0.15) is 13.8 Å². The maximum atomic E-state index is 3.94. The van der Waals surface area contributed by atoms with Crippen molar-refractivity contribution in [3.05, 3.63) is 0 Å². The van der Waals surface area contributed by atoms with E-state index in [9.17, 15) is 0 Å². The van der Waals surface area contributed by atoms with E-state index in [4.69, 9.17) is 0 Å². The van der Waals surface area contributed by atoms with E-state index in [1.807, 2.05) is 13.8 Å². The molecule has 0 unspecified atom stereocenters. The Labute approximate surface area is 58.9 Å². The minimum absolute atomic E-state index is 1.03. The molecule has 0 radical (unpaired) electrons. The molecular formula is C5H10N2V. The molecule has 3 heteroatoms. The van der Waals surface area contributed by atoms with E-state index < -0.39 is 0 Å². The SMILES string of the molecule is CN/N=C(/C)[C](C)=[V]. The van der Waals surface area contributed by atoms with Crippen LogP contribution in [0.15, 0.2) is 5.10 Å². The van der Waals surface area contributed by atoms with Crippen molar-refractivity contribution in [1.29, 1.82) is 0 Å². The molecule has 0 aromatic rings. The van der Waals surface area contributed by atoms with Gasteiger partial charge in [-0.05, 0) is 0 Å². The van der Waals surface area contributed by atoms with E-state index in [1.165, 1.54) is 4.23 Å². The zero-order valence-electron chi connectivity index (χ0n) is 5.39. The second-order valence-electron chi connectivity index (χ2n) is 1.51. The fraction of sp³-hybridized carbons (Fsp3) is 0.600. The second kappa shape index (κ2) is 3.87.